The zero-order valence-electron chi connectivity index (χ0n) is 15.8. The number of aromatic amines is 1. The molecule has 1 aromatic heterocycles. The van der Waals surface area contributed by atoms with Crippen molar-refractivity contribution in [3.63, 3.8) is 0 Å². The van der Waals surface area contributed by atoms with E-state index in [1.54, 1.807) is 24.4 Å². The van der Waals surface area contributed by atoms with Crippen LogP contribution in [0.25, 0.3) is 10.9 Å². The molecule has 3 aromatic rings. The highest BCUT2D eigenvalue weighted by atomic mass is 16.6. The van der Waals surface area contributed by atoms with Gasteiger partial charge in [-0.2, -0.15) is 5.10 Å². The number of nitrogens with one attached hydrogen (secondary N) is 3. The van der Waals surface area contributed by atoms with Gasteiger partial charge in [-0.1, -0.05) is 18.2 Å². The molecule has 0 fully saturated rings. The van der Waals surface area contributed by atoms with E-state index in [2.05, 4.69) is 20.8 Å². The number of para-hydroxylation sites is 1. The van der Waals surface area contributed by atoms with Gasteiger partial charge in [0, 0.05) is 27.7 Å². The van der Waals surface area contributed by atoms with Gasteiger partial charge in [-0.25, -0.2) is 5.43 Å². The van der Waals surface area contributed by atoms with Crippen molar-refractivity contribution >= 4 is 28.9 Å². The molecule has 3 N–H and O–H groups in total. The Hall–Kier alpha value is -3.81. The highest BCUT2D eigenvalue weighted by Crippen LogP contribution is 2.30. The van der Waals surface area contributed by atoms with E-state index >= 15 is 0 Å². The van der Waals surface area contributed by atoms with Crippen LogP contribution >= 0.6 is 0 Å². The average Bonchev–Trinajstić information content (AvgIpc) is 3.07. The van der Waals surface area contributed by atoms with Gasteiger partial charge < -0.3 is 19.8 Å². The molecule has 8 nitrogen and oxygen atoms in total. The first-order valence-corrected chi connectivity index (χ1v) is 9.19. The standard InChI is InChI=1S/C21H20N4O4/c1-13-16(15-4-2-3-5-17(15)24-13)11-23-25-20(26)12-22-21(27)14-6-7-18-19(10-14)29-9-8-28-18/h2-7,10-11,24H,8-9,12H2,1H3,(H,22,27)(H,25,26)/b23-11+. The highest BCUT2D eigenvalue weighted by molar-refractivity contribution is 6.01. The topological polar surface area (TPSA) is 105 Å². The van der Waals surface area contributed by atoms with E-state index in [0.29, 0.717) is 30.3 Å². The van der Waals surface area contributed by atoms with Crippen LogP contribution in [0.5, 0.6) is 11.5 Å². The summed E-state index contributed by atoms with van der Waals surface area (Å²) in [5, 5.41) is 7.59. The number of fused-ring (bicyclic) bond motifs is 2. The lowest BCUT2D eigenvalue weighted by atomic mass is 10.1. The number of aromatic nitrogens is 1. The minimum absolute atomic E-state index is 0.197. The predicted molar refractivity (Wildman–Crippen MR) is 109 cm³/mol. The second kappa shape index (κ2) is 8.05. The Balaban J connectivity index is 1.32. The molecule has 2 amide bonds. The molecule has 1 aliphatic rings. The van der Waals surface area contributed by atoms with Gasteiger partial charge in [0.25, 0.3) is 11.8 Å². The lowest BCUT2D eigenvalue weighted by molar-refractivity contribution is -0.120. The number of ether oxygens (including phenoxy) is 2. The van der Waals surface area contributed by atoms with Crippen LogP contribution in [0.3, 0.4) is 0 Å². The quantitative estimate of drug-likeness (QED) is 0.457. The van der Waals surface area contributed by atoms with Gasteiger partial charge in [-0.3, -0.25) is 9.59 Å². The molecule has 2 heterocycles. The van der Waals surface area contributed by atoms with Crippen LogP contribution in [0, 0.1) is 6.92 Å². The number of carbonyl (C=O) groups excluding carboxylic acids is 2. The first-order chi connectivity index (χ1) is 14.1. The van der Waals surface area contributed by atoms with Crippen LogP contribution < -0.4 is 20.2 Å². The maximum Gasteiger partial charge on any atom is 0.259 e. The first kappa shape index (κ1) is 18.5. The fourth-order valence-corrected chi connectivity index (χ4v) is 3.12. The first-order valence-electron chi connectivity index (χ1n) is 9.19. The molecule has 0 radical (unpaired) electrons. The fourth-order valence-electron chi connectivity index (χ4n) is 3.12. The molecule has 2 aromatic carbocycles. The summed E-state index contributed by atoms with van der Waals surface area (Å²) in [6.45, 7) is 2.67. The Kier molecular flexibility index (Phi) is 5.15. The molecular formula is C21H20N4O4. The Morgan fingerprint density at radius 1 is 1.14 bits per heavy atom. The minimum atomic E-state index is -0.426. The summed E-state index contributed by atoms with van der Waals surface area (Å²) >= 11 is 0. The number of benzene rings is 2. The summed E-state index contributed by atoms with van der Waals surface area (Å²) in [5.41, 5.74) is 5.68. The van der Waals surface area contributed by atoms with Crippen molar-refractivity contribution in [2.24, 2.45) is 5.10 Å². The SMILES string of the molecule is Cc1[nH]c2ccccc2c1/C=N/NC(=O)CNC(=O)c1ccc2c(c1)OCCO2. The monoisotopic (exact) mass is 392 g/mol. The number of hydrogen-bond acceptors (Lipinski definition) is 5. The third-order valence-electron chi connectivity index (χ3n) is 4.54. The number of hydrogen-bond donors (Lipinski definition) is 3. The molecular weight excluding hydrogens is 372 g/mol. The number of H-pyrrole nitrogens is 1. The lowest BCUT2D eigenvalue weighted by Crippen LogP contribution is -2.35. The van der Waals surface area contributed by atoms with Gasteiger partial charge in [0.05, 0.1) is 12.8 Å². The molecule has 0 spiro atoms. The zero-order chi connectivity index (χ0) is 20.2. The molecule has 0 aliphatic carbocycles. The summed E-state index contributed by atoms with van der Waals surface area (Å²) < 4.78 is 10.9. The molecule has 4 rings (SSSR count). The van der Waals surface area contributed by atoms with Crippen molar-refractivity contribution in [2.45, 2.75) is 6.92 Å². The number of nitrogens with zero attached hydrogens (tertiary/aromatic N) is 1. The number of hydrazone groups is 1. The van der Waals surface area contributed by atoms with E-state index in [-0.39, 0.29) is 12.5 Å². The summed E-state index contributed by atoms with van der Waals surface area (Å²) in [6, 6.07) is 12.8. The largest absolute Gasteiger partial charge is 0.486 e. The molecule has 1 aliphatic heterocycles. The van der Waals surface area contributed by atoms with Crippen LogP contribution in [0.2, 0.25) is 0 Å². The maximum atomic E-state index is 12.3. The van der Waals surface area contributed by atoms with Crippen molar-refractivity contribution in [1.82, 2.24) is 15.7 Å². The highest BCUT2D eigenvalue weighted by Gasteiger charge is 2.15. The Morgan fingerprint density at radius 3 is 2.79 bits per heavy atom. The Bertz CT molecular complexity index is 1100. The molecule has 0 bridgehead atoms. The third-order valence-corrected chi connectivity index (χ3v) is 4.54. The van der Waals surface area contributed by atoms with Crippen LogP contribution in [0.4, 0.5) is 0 Å². The second-order valence-electron chi connectivity index (χ2n) is 6.54. The normalized spacial score (nSPS) is 12.9. The summed E-state index contributed by atoms with van der Waals surface area (Å²) in [5.74, 6) is 0.317. The summed E-state index contributed by atoms with van der Waals surface area (Å²) in [7, 11) is 0. The number of carbonyl (C=O) groups is 2. The van der Waals surface area contributed by atoms with Gasteiger partial charge in [0.1, 0.15) is 13.2 Å². The lowest BCUT2D eigenvalue weighted by Gasteiger charge is -2.18. The van der Waals surface area contributed by atoms with Crippen molar-refractivity contribution in [1.29, 1.82) is 0 Å². The smallest absolute Gasteiger partial charge is 0.259 e. The zero-order valence-corrected chi connectivity index (χ0v) is 15.8. The van der Waals surface area contributed by atoms with Crippen molar-refractivity contribution < 1.29 is 19.1 Å². The number of aryl methyl sites for hydroxylation is 1. The van der Waals surface area contributed by atoms with Gasteiger partial charge in [0.15, 0.2) is 11.5 Å². The molecule has 29 heavy (non-hydrogen) atoms. The molecule has 0 saturated carbocycles. The summed E-state index contributed by atoms with van der Waals surface area (Å²) in [4.78, 5) is 27.5. The average molecular weight is 392 g/mol. The maximum absolute atomic E-state index is 12.3. The number of rotatable bonds is 5. The molecule has 0 unspecified atom stereocenters. The molecule has 0 atom stereocenters. The predicted octanol–water partition coefficient (Wildman–Crippen LogP) is 2.13. The van der Waals surface area contributed by atoms with Crippen molar-refractivity contribution in [3.8, 4) is 11.5 Å². The Morgan fingerprint density at radius 2 is 1.93 bits per heavy atom. The Labute approximate surface area is 166 Å². The van der Waals surface area contributed by atoms with Crippen LogP contribution in [0.1, 0.15) is 21.6 Å². The number of amides is 2. The van der Waals surface area contributed by atoms with E-state index in [1.165, 1.54) is 0 Å². The fraction of sp³-hybridized carbons (Fsp3) is 0.190. The van der Waals surface area contributed by atoms with Crippen LogP contribution in [-0.4, -0.2) is 42.8 Å². The minimum Gasteiger partial charge on any atom is -0.486 e. The van der Waals surface area contributed by atoms with Gasteiger partial charge in [0.2, 0.25) is 0 Å². The molecule has 8 heteroatoms. The van der Waals surface area contributed by atoms with Gasteiger partial charge in [-0.15, -0.1) is 0 Å². The van der Waals surface area contributed by atoms with Crippen LogP contribution in [-0.2, 0) is 4.79 Å². The third kappa shape index (κ3) is 4.06. The van der Waals surface area contributed by atoms with E-state index in [9.17, 15) is 9.59 Å². The van der Waals surface area contributed by atoms with Crippen LogP contribution in [0.15, 0.2) is 47.6 Å². The second-order valence-corrected chi connectivity index (χ2v) is 6.54. The van der Waals surface area contributed by atoms with Gasteiger partial charge >= 0.3 is 0 Å². The van der Waals surface area contributed by atoms with Gasteiger partial charge in [-0.05, 0) is 31.2 Å². The van der Waals surface area contributed by atoms with E-state index in [4.69, 9.17) is 9.47 Å². The summed E-state index contributed by atoms with van der Waals surface area (Å²) in [6.07, 6.45) is 1.59. The van der Waals surface area contributed by atoms with E-state index in [1.807, 2.05) is 31.2 Å². The van der Waals surface area contributed by atoms with Crippen molar-refractivity contribution in [2.75, 3.05) is 19.8 Å². The molecule has 0 saturated heterocycles. The van der Waals surface area contributed by atoms with E-state index < -0.39 is 5.91 Å². The van der Waals surface area contributed by atoms with E-state index in [0.717, 1.165) is 22.2 Å². The molecule has 148 valence electrons. The van der Waals surface area contributed by atoms with Crippen molar-refractivity contribution in [3.05, 3.63) is 59.3 Å².